The van der Waals surface area contributed by atoms with Crippen molar-refractivity contribution in [3.8, 4) is 0 Å². The molecular weight excluding hydrogens is 304 g/mol. The van der Waals surface area contributed by atoms with Crippen LogP contribution in [0.5, 0.6) is 0 Å². The molecule has 0 unspecified atom stereocenters. The third kappa shape index (κ3) is 3.92. The average Bonchev–Trinajstić information content (AvgIpc) is 3.17. The number of benzene rings is 1. The first kappa shape index (κ1) is 16.5. The maximum Gasteiger partial charge on any atom is 0.295 e. The van der Waals surface area contributed by atoms with Gasteiger partial charge in [-0.2, -0.15) is 0 Å². The van der Waals surface area contributed by atoms with E-state index in [0.717, 1.165) is 18.7 Å². The minimum atomic E-state index is -0.634. The second-order valence-corrected chi connectivity index (χ2v) is 6.04. The van der Waals surface area contributed by atoms with Gasteiger partial charge in [0.15, 0.2) is 5.76 Å². The summed E-state index contributed by atoms with van der Waals surface area (Å²) in [4.78, 5) is 26.5. The van der Waals surface area contributed by atoms with Crippen LogP contribution >= 0.6 is 0 Å². The van der Waals surface area contributed by atoms with Gasteiger partial charge >= 0.3 is 0 Å². The van der Waals surface area contributed by atoms with Crippen molar-refractivity contribution in [2.45, 2.75) is 25.3 Å². The Morgan fingerprint density at radius 2 is 1.79 bits per heavy atom. The summed E-state index contributed by atoms with van der Waals surface area (Å²) in [5.41, 5.74) is 1.16. The molecule has 0 bridgehead atoms. The SMILES string of the molecule is O=C(NC[C@H](c1ccccc1)N1CCCCC1)C(=O)c1ccco1. The molecule has 1 saturated heterocycles. The minimum absolute atomic E-state index is 0.0710. The lowest BCUT2D eigenvalue weighted by Gasteiger charge is -2.35. The van der Waals surface area contributed by atoms with E-state index >= 15 is 0 Å². The van der Waals surface area contributed by atoms with Crippen LogP contribution in [-0.2, 0) is 4.79 Å². The number of nitrogens with zero attached hydrogens (tertiary/aromatic N) is 1. The summed E-state index contributed by atoms with van der Waals surface area (Å²) >= 11 is 0. The molecular formula is C19H22N2O3. The van der Waals surface area contributed by atoms with Gasteiger partial charge in [0.1, 0.15) is 0 Å². The van der Waals surface area contributed by atoms with Gasteiger partial charge < -0.3 is 9.73 Å². The van der Waals surface area contributed by atoms with Gasteiger partial charge in [-0.25, -0.2) is 0 Å². The fraction of sp³-hybridized carbons (Fsp3) is 0.368. The standard InChI is InChI=1S/C19H22N2O3/c22-18(17-10-7-13-24-17)19(23)20-14-16(15-8-3-1-4-9-15)21-11-5-2-6-12-21/h1,3-4,7-10,13,16H,2,5-6,11-12,14H2,(H,20,23)/t16-/m1/s1. The van der Waals surface area contributed by atoms with Crippen LogP contribution in [0.25, 0.3) is 0 Å². The van der Waals surface area contributed by atoms with Crippen LogP contribution in [-0.4, -0.2) is 36.2 Å². The molecule has 1 amide bonds. The summed E-state index contributed by atoms with van der Waals surface area (Å²) in [6.07, 6.45) is 4.98. The Bertz CT molecular complexity index is 661. The van der Waals surface area contributed by atoms with Crippen molar-refractivity contribution in [3.63, 3.8) is 0 Å². The summed E-state index contributed by atoms with van der Waals surface area (Å²) in [6.45, 7) is 2.44. The van der Waals surface area contributed by atoms with E-state index in [9.17, 15) is 9.59 Å². The molecule has 126 valence electrons. The summed E-state index contributed by atoms with van der Waals surface area (Å²) in [6, 6.07) is 13.3. The molecule has 1 aromatic carbocycles. The van der Waals surface area contributed by atoms with E-state index in [2.05, 4.69) is 22.3 Å². The third-order valence-electron chi connectivity index (χ3n) is 4.42. The van der Waals surface area contributed by atoms with Gasteiger partial charge in [0.2, 0.25) is 0 Å². The highest BCUT2D eigenvalue weighted by molar-refractivity contribution is 6.42. The van der Waals surface area contributed by atoms with Crippen LogP contribution in [0.3, 0.4) is 0 Å². The monoisotopic (exact) mass is 326 g/mol. The lowest BCUT2D eigenvalue weighted by atomic mass is 10.0. The predicted octanol–water partition coefficient (Wildman–Crippen LogP) is 2.81. The fourth-order valence-electron chi connectivity index (χ4n) is 3.15. The number of carbonyl (C=O) groups is 2. The van der Waals surface area contributed by atoms with Crippen molar-refractivity contribution in [1.29, 1.82) is 0 Å². The molecule has 1 aliphatic rings. The van der Waals surface area contributed by atoms with Crippen molar-refractivity contribution in [2.24, 2.45) is 0 Å². The maximum absolute atomic E-state index is 12.1. The molecule has 5 nitrogen and oxygen atoms in total. The largest absolute Gasteiger partial charge is 0.461 e. The van der Waals surface area contributed by atoms with Gasteiger partial charge in [0.05, 0.1) is 12.3 Å². The molecule has 1 aliphatic heterocycles. The van der Waals surface area contributed by atoms with Gasteiger partial charge in [0.25, 0.3) is 11.7 Å². The van der Waals surface area contributed by atoms with Crippen molar-refractivity contribution in [1.82, 2.24) is 10.2 Å². The molecule has 0 saturated carbocycles. The van der Waals surface area contributed by atoms with Crippen LogP contribution in [0.1, 0.15) is 41.4 Å². The number of Topliss-reactive ketones (excluding diaryl/α,β-unsaturated/α-hetero) is 1. The number of hydrogen-bond donors (Lipinski definition) is 1. The zero-order valence-corrected chi connectivity index (χ0v) is 13.6. The van der Waals surface area contributed by atoms with Crippen molar-refractivity contribution in [3.05, 3.63) is 60.1 Å². The van der Waals surface area contributed by atoms with Crippen LogP contribution in [0.4, 0.5) is 0 Å². The van der Waals surface area contributed by atoms with Crippen LogP contribution < -0.4 is 5.32 Å². The average molecular weight is 326 g/mol. The lowest BCUT2D eigenvalue weighted by molar-refractivity contribution is -0.117. The van der Waals surface area contributed by atoms with Gasteiger partial charge in [-0.15, -0.1) is 0 Å². The van der Waals surface area contributed by atoms with E-state index in [1.165, 1.54) is 31.6 Å². The Kier molecular flexibility index (Phi) is 5.43. The third-order valence-corrected chi connectivity index (χ3v) is 4.42. The molecule has 0 radical (unpaired) electrons. The second kappa shape index (κ2) is 7.93. The van der Waals surface area contributed by atoms with Crippen molar-refractivity contribution in [2.75, 3.05) is 19.6 Å². The van der Waals surface area contributed by atoms with E-state index in [1.807, 2.05) is 18.2 Å². The van der Waals surface area contributed by atoms with E-state index in [1.54, 1.807) is 6.07 Å². The van der Waals surface area contributed by atoms with E-state index in [0.29, 0.717) is 6.54 Å². The Morgan fingerprint density at radius 1 is 1.04 bits per heavy atom. The zero-order valence-electron chi connectivity index (χ0n) is 13.6. The maximum atomic E-state index is 12.1. The summed E-state index contributed by atoms with van der Waals surface area (Å²) in [5, 5.41) is 2.78. The summed E-state index contributed by atoms with van der Waals surface area (Å²) in [5.74, 6) is -1.19. The normalized spacial score (nSPS) is 16.5. The Labute approximate surface area is 141 Å². The lowest BCUT2D eigenvalue weighted by Crippen LogP contribution is -2.42. The summed E-state index contributed by atoms with van der Waals surface area (Å²) < 4.78 is 5.00. The molecule has 0 aliphatic carbocycles. The number of likely N-dealkylation sites (tertiary alicyclic amines) is 1. The van der Waals surface area contributed by atoms with Gasteiger partial charge in [-0.1, -0.05) is 36.8 Å². The van der Waals surface area contributed by atoms with Crippen molar-refractivity contribution < 1.29 is 14.0 Å². The smallest absolute Gasteiger partial charge is 0.295 e. The highest BCUT2D eigenvalue weighted by atomic mass is 16.3. The molecule has 1 aromatic heterocycles. The van der Waals surface area contributed by atoms with Gasteiger partial charge in [-0.05, 0) is 43.6 Å². The Hall–Kier alpha value is -2.40. The fourth-order valence-corrected chi connectivity index (χ4v) is 3.15. The highest BCUT2D eigenvalue weighted by Gasteiger charge is 2.25. The number of nitrogens with one attached hydrogen (secondary N) is 1. The predicted molar refractivity (Wildman–Crippen MR) is 90.7 cm³/mol. The van der Waals surface area contributed by atoms with Crippen LogP contribution in [0.15, 0.2) is 53.1 Å². The first-order valence-corrected chi connectivity index (χ1v) is 8.41. The quantitative estimate of drug-likeness (QED) is 0.655. The molecule has 1 atom stereocenters. The highest BCUT2D eigenvalue weighted by Crippen LogP contribution is 2.24. The topological polar surface area (TPSA) is 62.6 Å². The number of ketones is 1. The second-order valence-electron chi connectivity index (χ2n) is 6.04. The van der Waals surface area contributed by atoms with Gasteiger partial charge in [-0.3, -0.25) is 14.5 Å². The number of amides is 1. The zero-order chi connectivity index (χ0) is 16.8. The molecule has 2 heterocycles. The minimum Gasteiger partial charge on any atom is -0.461 e. The Morgan fingerprint density at radius 3 is 2.46 bits per heavy atom. The molecule has 2 aromatic rings. The molecule has 24 heavy (non-hydrogen) atoms. The molecule has 0 spiro atoms. The van der Waals surface area contributed by atoms with E-state index in [4.69, 9.17) is 4.42 Å². The first-order valence-electron chi connectivity index (χ1n) is 8.41. The van der Waals surface area contributed by atoms with Crippen LogP contribution in [0.2, 0.25) is 0 Å². The van der Waals surface area contributed by atoms with E-state index < -0.39 is 11.7 Å². The molecule has 3 rings (SSSR count). The van der Waals surface area contributed by atoms with Gasteiger partial charge in [0, 0.05) is 6.54 Å². The molecule has 1 N–H and O–H groups in total. The summed E-state index contributed by atoms with van der Waals surface area (Å²) in [7, 11) is 0. The first-order chi connectivity index (χ1) is 11.8. The number of hydrogen-bond acceptors (Lipinski definition) is 4. The van der Waals surface area contributed by atoms with Crippen molar-refractivity contribution >= 4 is 11.7 Å². The molecule has 1 fully saturated rings. The van der Waals surface area contributed by atoms with Crippen LogP contribution in [0, 0.1) is 0 Å². The number of piperidine rings is 1. The Balaban J connectivity index is 1.67. The number of furan rings is 1. The number of carbonyl (C=O) groups excluding carboxylic acids is 2. The number of rotatable bonds is 6. The molecule has 5 heteroatoms. The van der Waals surface area contributed by atoms with E-state index in [-0.39, 0.29) is 11.8 Å².